The van der Waals surface area contributed by atoms with E-state index in [1.165, 1.54) is 11.1 Å². The first-order valence-corrected chi connectivity index (χ1v) is 11.6. The zero-order valence-corrected chi connectivity index (χ0v) is 19.7. The van der Waals surface area contributed by atoms with E-state index in [0.29, 0.717) is 13.0 Å². The lowest BCUT2D eigenvalue weighted by molar-refractivity contribution is -0.113. The quantitative estimate of drug-likeness (QED) is 0.468. The number of carbonyl (C=O) groups is 1. The van der Waals surface area contributed by atoms with Crippen LogP contribution in [0.3, 0.4) is 0 Å². The normalized spacial score (nSPS) is 13.0. The van der Waals surface area contributed by atoms with Crippen LogP contribution in [0, 0.1) is 6.92 Å². The predicted molar refractivity (Wildman–Crippen MR) is 136 cm³/mol. The number of hydrogen-bond acceptors (Lipinski definition) is 3. The average Bonchev–Trinajstić information content (AvgIpc) is 3.03. The van der Waals surface area contributed by atoms with Gasteiger partial charge in [-0.15, -0.1) is 0 Å². The first-order valence-electron chi connectivity index (χ1n) is 11.6. The van der Waals surface area contributed by atoms with Crippen molar-refractivity contribution in [1.29, 1.82) is 0 Å². The van der Waals surface area contributed by atoms with Crippen LogP contribution in [0.5, 0.6) is 5.75 Å². The van der Waals surface area contributed by atoms with Gasteiger partial charge in [0.25, 0.3) is 5.91 Å². The molecule has 1 amide bonds. The fraction of sp³-hybridized carbons (Fsp3) is 0.276. The minimum atomic E-state index is -0.0805. The number of anilines is 1. The van der Waals surface area contributed by atoms with Gasteiger partial charge in [0, 0.05) is 29.8 Å². The van der Waals surface area contributed by atoms with Gasteiger partial charge in [-0.25, -0.2) is 0 Å². The zero-order chi connectivity index (χ0) is 23.2. The van der Waals surface area contributed by atoms with E-state index >= 15 is 0 Å². The van der Waals surface area contributed by atoms with Gasteiger partial charge in [0.05, 0.1) is 6.61 Å². The van der Waals surface area contributed by atoms with Crippen LogP contribution in [0.25, 0.3) is 17.2 Å². The van der Waals surface area contributed by atoms with Crippen molar-refractivity contribution in [1.82, 2.24) is 4.90 Å². The summed E-state index contributed by atoms with van der Waals surface area (Å²) in [7, 11) is 2.13. The van der Waals surface area contributed by atoms with Crippen LogP contribution >= 0.6 is 0 Å². The van der Waals surface area contributed by atoms with E-state index in [4.69, 9.17) is 4.74 Å². The lowest BCUT2D eigenvalue weighted by Crippen LogP contribution is -2.18. The maximum atomic E-state index is 13.0. The molecule has 0 saturated heterocycles. The second-order valence-electron chi connectivity index (χ2n) is 8.78. The summed E-state index contributed by atoms with van der Waals surface area (Å²) in [4.78, 5) is 15.3. The molecule has 1 aliphatic heterocycles. The number of benzene rings is 3. The summed E-state index contributed by atoms with van der Waals surface area (Å²) in [5.41, 5.74) is 7.20. The third-order valence-corrected chi connectivity index (χ3v) is 5.91. The fourth-order valence-corrected chi connectivity index (χ4v) is 4.11. The number of ether oxygens (including phenoxy) is 1. The van der Waals surface area contributed by atoms with E-state index in [0.717, 1.165) is 53.2 Å². The molecule has 1 heterocycles. The maximum Gasteiger partial charge on any atom is 0.251 e. The Kier molecular flexibility index (Phi) is 7.26. The smallest absolute Gasteiger partial charge is 0.251 e. The standard InChI is InChI=1S/C29H32N2O2/c1-4-16-31(3)20-22-7-12-27(13-8-22)30-29(32)25-15-17-33-28-14-11-24(18-26(28)19-25)23-9-5-21(2)6-10-23/h5-14,18-19H,4,15-17,20H2,1-3H3,(H,30,32). The number of amides is 1. The van der Waals surface area contributed by atoms with Gasteiger partial charge in [-0.2, -0.15) is 0 Å². The molecule has 0 saturated carbocycles. The third kappa shape index (κ3) is 5.91. The van der Waals surface area contributed by atoms with Gasteiger partial charge in [-0.3, -0.25) is 4.79 Å². The molecule has 3 aromatic rings. The molecule has 0 aliphatic carbocycles. The molecule has 4 heteroatoms. The summed E-state index contributed by atoms with van der Waals surface area (Å²) in [5.74, 6) is 0.734. The van der Waals surface area contributed by atoms with Gasteiger partial charge in [0.1, 0.15) is 5.75 Å². The third-order valence-electron chi connectivity index (χ3n) is 5.91. The summed E-state index contributed by atoms with van der Waals surface area (Å²) >= 11 is 0. The summed E-state index contributed by atoms with van der Waals surface area (Å²) < 4.78 is 5.92. The van der Waals surface area contributed by atoms with E-state index in [2.05, 4.69) is 79.6 Å². The lowest BCUT2D eigenvalue weighted by Gasteiger charge is -2.15. The molecular weight excluding hydrogens is 408 g/mol. The fourth-order valence-electron chi connectivity index (χ4n) is 4.11. The van der Waals surface area contributed by atoms with E-state index in [1.54, 1.807) is 0 Å². The molecule has 1 N–H and O–H groups in total. The van der Waals surface area contributed by atoms with Crippen LogP contribution in [-0.2, 0) is 11.3 Å². The van der Waals surface area contributed by atoms with Gasteiger partial charge in [0.15, 0.2) is 0 Å². The molecule has 0 fully saturated rings. The van der Waals surface area contributed by atoms with Crippen LogP contribution in [0.4, 0.5) is 5.69 Å². The molecule has 1 aliphatic rings. The molecule has 33 heavy (non-hydrogen) atoms. The Hall–Kier alpha value is -3.37. The molecule has 170 valence electrons. The maximum absolute atomic E-state index is 13.0. The second-order valence-corrected chi connectivity index (χ2v) is 8.78. The van der Waals surface area contributed by atoms with E-state index in [1.807, 2.05) is 24.3 Å². The highest BCUT2D eigenvalue weighted by Crippen LogP contribution is 2.31. The Balaban J connectivity index is 1.49. The van der Waals surface area contributed by atoms with E-state index < -0.39 is 0 Å². The summed E-state index contributed by atoms with van der Waals surface area (Å²) in [6.45, 7) is 6.73. The van der Waals surface area contributed by atoms with Crippen LogP contribution in [0.2, 0.25) is 0 Å². The lowest BCUT2D eigenvalue weighted by atomic mass is 10.00. The molecule has 3 aromatic carbocycles. The Bertz CT molecular complexity index is 1130. The molecule has 0 aromatic heterocycles. The van der Waals surface area contributed by atoms with Crippen LogP contribution in [0.15, 0.2) is 72.3 Å². The average molecular weight is 441 g/mol. The number of nitrogens with one attached hydrogen (secondary N) is 1. The van der Waals surface area contributed by atoms with Crippen molar-refractivity contribution >= 4 is 17.7 Å². The molecule has 4 rings (SSSR count). The van der Waals surface area contributed by atoms with Gasteiger partial charge >= 0.3 is 0 Å². The molecule has 0 atom stereocenters. The largest absolute Gasteiger partial charge is 0.493 e. The molecular formula is C29H32N2O2. The van der Waals surface area contributed by atoms with Crippen molar-refractivity contribution in [2.45, 2.75) is 33.2 Å². The SMILES string of the molecule is CCCN(C)Cc1ccc(NC(=O)C2=Cc3cc(-c4ccc(C)cc4)ccc3OCC2)cc1. The van der Waals surface area contributed by atoms with Crippen LogP contribution in [-0.4, -0.2) is 31.0 Å². The van der Waals surface area contributed by atoms with Crippen molar-refractivity contribution in [2.24, 2.45) is 0 Å². The topological polar surface area (TPSA) is 41.6 Å². The van der Waals surface area contributed by atoms with Crippen molar-refractivity contribution < 1.29 is 9.53 Å². The Labute approximate surface area is 196 Å². The van der Waals surface area contributed by atoms with E-state index in [9.17, 15) is 4.79 Å². The monoisotopic (exact) mass is 440 g/mol. The molecule has 0 unspecified atom stereocenters. The van der Waals surface area contributed by atoms with Gasteiger partial charge in [-0.05, 0) is 74.0 Å². The Morgan fingerprint density at radius 1 is 1.00 bits per heavy atom. The first kappa shape index (κ1) is 22.8. The molecule has 0 spiro atoms. The molecule has 4 nitrogen and oxygen atoms in total. The van der Waals surface area contributed by atoms with E-state index in [-0.39, 0.29) is 5.91 Å². The second kappa shape index (κ2) is 10.5. The molecule has 0 bridgehead atoms. The number of nitrogens with zero attached hydrogens (tertiary/aromatic N) is 1. The number of fused-ring (bicyclic) bond motifs is 1. The highest BCUT2D eigenvalue weighted by molar-refractivity contribution is 6.07. The van der Waals surface area contributed by atoms with Crippen molar-refractivity contribution in [3.63, 3.8) is 0 Å². The molecule has 0 radical (unpaired) electrons. The van der Waals surface area contributed by atoms with Crippen molar-refractivity contribution in [3.8, 4) is 16.9 Å². The van der Waals surface area contributed by atoms with Gasteiger partial charge in [0.2, 0.25) is 0 Å². The minimum Gasteiger partial charge on any atom is -0.493 e. The zero-order valence-electron chi connectivity index (χ0n) is 19.7. The minimum absolute atomic E-state index is 0.0805. The summed E-state index contributed by atoms with van der Waals surface area (Å²) in [6.07, 6.45) is 3.67. The number of carbonyl (C=O) groups excluding carboxylic acids is 1. The summed E-state index contributed by atoms with van der Waals surface area (Å²) in [6, 6.07) is 22.7. The van der Waals surface area contributed by atoms with Crippen LogP contribution < -0.4 is 10.1 Å². The van der Waals surface area contributed by atoms with Crippen LogP contribution in [0.1, 0.15) is 36.5 Å². The van der Waals surface area contributed by atoms with Crippen molar-refractivity contribution in [3.05, 3.63) is 89.0 Å². The Morgan fingerprint density at radius 2 is 1.73 bits per heavy atom. The summed E-state index contributed by atoms with van der Waals surface area (Å²) in [5, 5.41) is 3.05. The highest BCUT2D eigenvalue weighted by atomic mass is 16.5. The van der Waals surface area contributed by atoms with Gasteiger partial charge in [-0.1, -0.05) is 55.0 Å². The number of aryl methyl sites for hydroxylation is 1. The number of hydrogen-bond donors (Lipinski definition) is 1. The predicted octanol–water partition coefficient (Wildman–Crippen LogP) is 6.31. The number of rotatable bonds is 7. The highest BCUT2D eigenvalue weighted by Gasteiger charge is 2.16. The Morgan fingerprint density at radius 3 is 2.45 bits per heavy atom. The van der Waals surface area contributed by atoms with Gasteiger partial charge < -0.3 is 15.0 Å². The van der Waals surface area contributed by atoms with Crippen molar-refractivity contribution in [2.75, 3.05) is 25.5 Å². The first-order chi connectivity index (χ1) is 16.0.